The summed E-state index contributed by atoms with van der Waals surface area (Å²) in [5, 5.41) is 3.28. The first-order chi connectivity index (χ1) is 8.70. The van der Waals surface area contributed by atoms with Crippen LogP contribution in [0.1, 0.15) is 18.3 Å². The van der Waals surface area contributed by atoms with E-state index in [1.54, 1.807) is 0 Å². The quantitative estimate of drug-likeness (QED) is 0.941. The normalized spacial score (nSPS) is 10.6. The lowest BCUT2D eigenvalue weighted by molar-refractivity contribution is 0.708. The highest BCUT2D eigenvalue weighted by Crippen LogP contribution is 2.25. The minimum absolute atomic E-state index is 0.773. The van der Waals surface area contributed by atoms with E-state index < -0.39 is 0 Å². The van der Waals surface area contributed by atoms with Gasteiger partial charge in [-0.3, -0.25) is 0 Å². The molecule has 0 fully saturated rings. The van der Waals surface area contributed by atoms with Crippen LogP contribution in [0.3, 0.4) is 0 Å². The van der Waals surface area contributed by atoms with Crippen molar-refractivity contribution >= 4 is 15.9 Å². The Morgan fingerprint density at radius 3 is 2.72 bits per heavy atom. The number of rotatable bonds is 4. The SMILES string of the molecule is CCNCc1cc(C)nc(-c2ccccc2Br)n1. The van der Waals surface area contributed by atoms with Crippen molar-refractivity contribution < 1.29 is 0 Å². The monoisotopic (exact) mass is 305 g/mol. The maximum atomic E-state index is 4.60. The zero-order valence-electron chi connectivity index (χ0n) is 10.6. The first-order valence-corrected chi connectivity index (χ1v) is 6.80. The van der Waals surface area contributed by atoms with Crippen LogP contribution in [0.5, 0.6) is 0 Å². The predicted octanol–water partition coefficient (Wildman–Crippen LogP) is 3.32. The zero-order chi connectivity index (χ0) is 13.0. The molecule has 0 aliphatic carbocycles. The van der Waals surface area contributed by atoms with Crippen molar-refractivity contribution in [2.24, 2.45) is 0 Å². The molecule has 0 amide bonds. The topological polar surface area (TPSA) is 37.8 Å². The van der Waals surface area contributed by atoms with Gasteiger partial charge in [0.05, 0.1) is 5.69 Å². The van der Waals surface area contributed by atoms with Crippen molar-refractivity contribution in [3.8, 4) is 11.4 Å². The van der Waals surface area contributed by atoms with E-state index in [2.05, 4.69) is 38.1 Å². The van der Waals surface area contributed by atoms with Crippen molar-refractivity contribution in [2.45, 2.75) is 20.4 Å². The van der Waals surface area contributed by atoms with Crippen LogP contribution in [-0.4, -0.2) is 16.5 Å². The summed E-state index contributed by atoms with van der Waals surface area (Å²) >= 11 is 3.54. The van der Waals surface area contributed by atoms with Gasteiger partial charge < -0.3 is 5.32 Å². The Hall–Kier alpha value is -1.26. The smallest absolute Gasteiger partial charge is 0.160 e. The minimum Gasteiger partial charge on any atom is -0.311 e. The third kappa shape index (κ3) is 3.15. The van der Waals surface area contributed by atoms with Crippen LogP contribution in [0.25, 0.3) is 11.4 Å². The third-order valence-corrected chi connectivity index (χ3v) is 3.27. The summed E-state index contributed by atoms with van der Waals surface area (Å²) in [6.45, 7) is 5.80. The fraction of sp³-hybridized carbons (Fsp3) is 0.286. The number of hydrogen-bond acceptors (Lipinski definition) is 3. The van der Waals surface area contributed by atoms with Gasteiger partial charge in [0, 0.05) is 22.3 Å². The van der Waals surface area contributed by atoms with Gasteiger partial charge in [-0.15, -0.1) is 0 Å². The number of halogens is 1. The molecule has 0 radical (unpaired) electrons. The number of benzene rings is 1. The largest absolute Gasteiger partial charge is 0.311 e. The van der Waals surface area contributed by atoms with Crippen LogP contribution in [0.4, 0.5) is 0 Å². The molecule has 0 unspecified atom stereocenters. The summed E-state index contributed by atoms with van der Waals surface area (Å²) in [6, 6.07) is 10.0. The number of aryl methyl sites for hydroxylation is 1. The maximum absolute atomic E-state index is 4.60. The molecule has 0 atom stereocenters. The molecule has 0 saturated carbocycles. The molecule has 1 aromatic carbocycles. The average Bonchev–Trinajstić information content (AvgIpc) is 2.36. The van der Waals surface area contributed by atoms with E-state index in [-0.39, 0.29) is 0 Å². The number of hydrogen-bond donors (Lipinski definition) is 1. The molecule has 0 aliphatic rings. The van der Waals surface area contributed by atoms with E-state index in [4.69, 9.17) is 0 Å². The summed E-state index contributed by atoms with van der Waals surface area (Å²) in [6.07, 6.45) is 0. The number of nitrogens with one attached hydrogen (secondary N) is 1. The molecule has 3 nitrogen and oxygen atoms in total. The van der Waals surface area contributed by atoms with Gasteiger partial charge in [-0.05, 0) is 25.6 Å². The molecule has 0 saturated heterocycles. The molecule has 18 heavy (non-hydrogen) atoms. The highest BCUT2D eigenvalue weighted by atomic mass is 79.9. The second-order valence-corrected chi connectivity index (χ2v) is 4.94. The lowest BCUT2D eigenvalue weighted by atomic mass is 10.2. The Morgan fingerprint density at radius 2 is 2.00 bits per heavy atom. The Balaban J connectivity index is 2.39. The molecule has 0 aliphatic heterocycles. The third-order valence-electron chi connectivity index (χ3n) is 2.58. The van der Waals surface area contributed by atoms with Crippen molar-refractivity contribution in [1.29, 1.82) is 0 Å². The van der Waals surface area contributed by atoms with Gasteiger partial charge >= 0.3 is 0 Å². The molecule has 4 heteroatoms. The van der Waals surface area contributed by atoms with Gasteiger partial charge in [0.2, 0.25) is 0 Å². The maximum Gasteiger partial charge on any atom is 0.160 e. The van der Waals surface area contributed by atoms with E-state index >= 15 is 0 Å². The van der Waals surface area contributed by atoms with Gasteiger partial charge in [-0.2, -0.15) is 0 Å². The van der Waals surface area contributed by atoms with Crippen molar-refractivity contribution in [3.63, 3.8) is 0 Å². The molecular formula is C14H16BrN3. The second kappa shape index (κ2) is 6.07. The number of nitrogens with zero attached hydrogens (tertiary/aromatic N) is 2. The van der Waals surface area contributed by atoms with Crippen molar-refractivity contribution in [3.05, 3.63) is 46.2 Å². The Morgan fingerprint density at radius 1 is 1.22 bits per heavy atom. The van der Waals surface area contributed by atoms with Crippen LogP contribution in [0.15, 0.2) is 34.8 Å². The molecule has 1 aromatic heterocycles. The molecule has 1 N–H and O–H groups in total. The Labute approximate surface area is 116 Å². The summed E-state index contributed by atoms with van der Waals surface area (Å²) in [7, 11) is 0. The van der Waals surface area contributed by atoms with Gasteiger partial charge in [0.25, 0.3) is 0 Å². The lowest BCUT2D eigenvalue weighted by Gasteiger charge is -2.07. The van der Waals surface area contributed by atoms with Crippen molar-refractivity contribution in [2.75, 3.05) is 6.54 Å². The lowest BCUT2D eigenvalue weighted by Crippen LogP contribution is -2.13. The molecule has 2 aromatic rings. The Kier molecular flexibility index (Phi) is 4.44. The van der Waals surface area contributed by atoms with E-state index in [1.165, 1.54) is 0 Å². The highest BCUT2D eigenvalue weighted by Gasteiger charge is 2.07. The minimum atomic E-state index is 0.773. The van der Waals surface area contributed by atoms with Crippen molar-refractivity contribution in [1.82, 2.24) is 15.3 Å². The van der Waals surface area contributed by atoms with E-state index in [0.29, 0.717) is 0 Å². The molecule has 0 bridgehead atoms. The average molecular weight is 306 g/mol. The molecule has 1 heterocycles. The Bertz CT molecular complexity index is 540. The predicted molar refractivity (Wildman–Crippen MR) is 77.3 cm³/mol. The first-order valence-electron chi connectivity index (χ1n) is 6.01. The fourth-order valence-electron chi connectivity index (χ4n) is 1.74. The second-order valence-electron chi connectivity index (χ2n) is 4.08. The van der Waals surface area contributed by atoms with Gasteiger partial charge in [0.15, 0.2) is 5.82 Å². The first kappa shape index (κ1) is 13.2. The van der Waals surface area contributed by atoms with Gasteiger partial charge in [0.1, 0.15) is 0 Å². The van der Waals surface area contributed by atoms with Crippen LogP contribution in [-0.2, 0) is 6.54 Å². The standard InChI is InChI=1S/C14H16BrN3/c1-3-16-9-11-8-10(2)17-14(18-11)12-6-4-5-7-13(12)15/h4-8,16H,3,9H2,1-2H3. The van der Waals surface area contributed by atoms with Crippen LogP contribution in [0, 0.1) is 6.92 Å². The highest BCUT2D eigenvalue weighted by molar-refractivity contribution is 9.10. The van der Waals surface area contributed by atoms with E-state index in [9.17, 15) is 0 Å². The molecule has 0 spiro atoms. The molecule has 2 rings (SSSR count). The number of aromatic nitrogens is 2. The molecule has 94 valence electrons. The summed E-state index contributed by atoms with van der Waals surface area (Å²) in [5.74, 6) is 0.773. The summed E-state index contributed by atoms with van der Waals surface area (Å²) < 4.78 is 1.02. The van der Waals surface area contributed by atoms with Crippen LogP contribution >= 0.6 is 15.9 Å². The molecular weight excluding hydrogens is 290 g/mol. The fourth-order valence-corrected chi connectivity index (χ4v) is 2.20. The van der Waals surface area contributed by atoms with E-state index in [0.717, 1.165) is 40.3 Å². The van der Waals surface area contributed by atoms with Crippen LogP contribution < -0.4 is 5.32 Å². The van der Waals surface area contributed by atoms with Gasteiger partial charge in [-0.1, -0.05) is 41.1 Å². The summed E-state index contributed by atoms with van der Waals surface area (Å²) in [5.41, 5.74) is 3.04. The van der Waals surface area contributed by atoms with E-state index in [1.807, 2.05) is 37.3 Å². The van der Waals surface area contributed by atoms with Crippen LogP contribution in [0.2, 0.25) is 0 Å². The zero-order valence-corrected chi connectivity index (χ0v) is 12.2. The van der Waals surface area contributed by atoms with Gasteiger partial charge in [-0.25, -0.2) is 9.97 Å². The summed E-state index contributed by atoms with van der Waals surface area (Å²) in [4.78, 5) is 9.10.